The number of benzene rings is 1. The van der Waals surface area contributed by atoms with E-state index in [-0.39, 0.29) is 11.5 Å². The number of hydrogen-bond donors (Lipinski definition) is 3. The summed E-state index contributed by atoms with van der Waals surface area (Å²) in [5.74, 6) is -0.186. The van der Waals surface area contributed by atoms with E-state index in [1.807, 2.05) is 0 Å². The van der Waals surface area contributed by atoms with Crippen LogP contribution < -0.4 is 5.43 Å². The van der Waals surface area contributed by atoms with Crippen molar-refractivity contribution in [2.45, 2.75) is 26.4 Å². The van der Waals surface area contributed by atoms with Crippen molar-refractivity contribution in [2.75, 3.05) is 0 Å². The highest BCUT2D eigenvalue weighted by Crippen LogP contribution is 2.20. The molecule has 0 saturated carbocycles. The fraction of sp³-hybridized carbons (Fsp3) is 0.333. The Labute approximate surface area is 105 Å². The smallest absolute Gasteiger partial charge is 0.428 e. The lowest BCUT2D eigenvalue weighted by atomic mass is 10.2. The molecule has 0 heterocycles. The van der Waals surface area contributed by atoms with Gasteiger partial charge in [-0.3, -0.25) is 0 Å². The van der Waals surface area contributed by atoms with Gasteiger partial charge in [0.15, 0.2) is 0 Å². The summed E-state index contributed by atoms with van der Waals surface area (Å²) in [4.78, 5) is 11.2. The minimum Gasteiger partial charge on any atom is -0.508 e. The van der Waals surface area contributed by atoms with Gasteiger partial charge in [0, 0.05) is 11.6 Å². The molecule has 0 aliphatic heterocycles. The third-order valence-electron chi connectivity index (χ3n) is 1.77. The molecule has 1 rings (SSSR count). The topological polar surface area (TPSA) is 91.2 Å². The van der Waals surface area contributed by atoms with Crippen LogP contribution in [0.25, 0.3) is 0 Å². The third kappa shape index (κ3) is 4.73. The average Bonchev–Trinajstić information content (AvgIpc) is 2.18. The van der Waals surface area contributed by atoms with Crippen LogP contribution in [0.5, 0.6) is 11.5 Å². The zero-order valence-electron chi connectivity index (χ0n) is 10.5. The van der Waals surface area contributed by atoms with Crippen molar-refractivity contribution in [3.63, 3.8) is 0 Å². The Morgan fingerprint density at radius 1 is 1.39 bits per heavy atom. The van der Waals surface area contributed by atoms with E-state index >= 15 is 0 Å². The monoisotopic (exact) mass is 252 g/mol. The van der Waals surface area contributed by atoms with Crippen LogP contribution in [0.3, 0.4) is 0 Å². The van der Waals surface area contributed by atoms with Gasteiger partial charge in [0.05, 0.1) is 6.21 Å². The van der Waals surface area contributed by atoms with Gasteiger partial charge in [0.25, 0.3) is 0 Å². The first kappa shape index (κ1) is 13.8. The molecule has 0 unspecified atom stereocenters. The molecule has 98 valence electrons. The summed E-state index contributed by atoms with van der Waals surface area (Å²) in [6.07, 6.45) is 0.565. The molecular weight excluding hydrogens is 236 g/mol. The molecule has 1 aromatic rings. The molecule has 6 nitrogen and oxygen atoms in total. The van der Waals surface area contributed by atoms with E-state index in [9.17, 15) is 9.90 Å². The number of amides is 1. The number of ether oxygens (including phenoxy) is 1. The second-order valence-corrected chi connectivity index (χ2v) is 4.62. The van der Waals surface area contributed by atoms with Gasteiger partial charge in [-0.2, -0.15) is 5.10 Å². The fourth-order valence-corrected chi connectivity index (χ4v) is 1.10. The van der Waals surface area contributed by atoms with Crippen molar-refractivity contribution >= 4 is 12.3 Å². The first-order chi connectivity index (χ1) is 8.28. The Bertz CT molecular complexity index is 464. The van der Waals surface area contributed by atoms with Gasteiger partial charge in [0.1, 0.15) is 17.1 Å². The molecule has 0 atom stereocenters. The number of aromatic hydroxyl groups is 2. The molecule has 0 aromatic heterocycles. The number of hydrazone groups is 1. The zero-order valence-corrected chi connectivity index (χ0v) is 10.5. The van der Waals surface area contributed by atoms with Gasteiger partial charge >= 0.3 is 6.09 Å². The Morgan fingerprint density at radius 2 is 2.06 bits per heavy atom. The van der Waals surface area contributed by atoms with Crippen LogP contribution in [0.1, 0.15) is 26.3 Å². The molecule has 6 heteroatoms. The van der Waals surface area contributed by atoms with Crippen LogP contribution in [-0.2, 0) is 4.74 Å². The highest BCUT2D eigenvalue weighted by molar-refractivity contribution is 5.84. The van der Waals surface area contributed by atoms with Gasteiger partial charge < -0.3 is 14.9 Å². The van der Waals surface area contributed by atoms with E-state index in [1.165, 1.54) is 24.4 Å². The minimum atomic E-state index is -0.683. The summed E-state index contributed by atoms with van der Waals surface area (Å²) in [6, 6.07) is 4.04. The second kappa shape index (κ2) is 5.39. The quantitative estimate of drug-likeness (QED) is 0.554. The summed E-state index contributed by atoms with van der Waals surface area (Å²) < 4.78 is 4.96. The Morgan fingerprint density at radius 3 is 2.61 bits per heavy atom. The van der Waals surface area contributed by atoms with E-state index in [0.29, 0.717) is 5.56 Å². The average molecular weight is 252 g/mol. The van der Waals surface area contributed by atoms with Crippen molar-refractivity contribution < 1.29 is 19.7 Å². The summed E-state index contributed by atoms with van der Waals surface area (Å²) in [5, 5.41) is 22.2. The number of hydrogen-bond acceptors (Lipinski definition) is 5. The highest BCUT2D eigenvalue weighted by Gasteiger charge is 2.15. The highest BCUT2D eigenvalue weighted by atomic mass is 16.6. The van der Waals surface area contributed by atoms with Crippen LogP contribution in [0.4, 0.5) is 4.79 Å². The summed E-state index contributed by atoms with van der Waals surface area (Å²) in [5.41, 5.74) is 1.93. The van der Waals surface area contributed by atoms with Gasteiger partial charge in [-0.15, -0.1) is 0 Å². The Balaban J connectivity index is 2.58. The SMILES string of the molecule is CC(C)(C)OC(=O)NN=Cc1ccc(O)cc1O. The molecule has 0 aliphatic rings. The van der Waals surface area contributed by atoms with Gasteiger partial charge in [0.2, 0.25) is 0 Å². The van der Waals surface area contributed by atoms with Gasteiger partial charge in [-0.05, 0) is 32.9 Å². The zero-order chi connectivity index (χ0) is 13.8. The summed E-state index contributed by atoms with van der Waals surface area (Å²) in [7, 11) is 0. The molecule has 0 aliphatic carbocycles. The lowest BCUT2D eigenvalue weighted by Gasteiger charge is -2.18. The Hall–Kier alpha value is -2.24. The first-order valence-electron chi connectivity index (χ1n) is 5.32. The van der Waals surface area contributed by atoms with E-state index in [1.54, 1.807) is 20.8 Å². The maximum Gasteiger partial charge on any atom is 0.428 e. The van der Waals surface area contributed by atoms with Crippen LogP contribution in [0.2, 0.25) is 0 Å². The van der Waals surface area contributed by atoms with Crippen molar-refractivity contribution in [3.05, 3.63) is 23.8 Å². The molecule has 0 radical (unpaired) electrons. The lowest BCUT2D eigenvalue weighted by molar-refractivity contribution is 0.0529. The number of carbonyl (C=O) groups is 1. The fourth-order valence-electron chi connectivity index (χ4n) is 1.10. The molecule has 0 saturated heterocycles. The number of phenolic OH excluding ortho intramolecular Hbond substituents is 2. The van der Waals surface area contributed by atoms with Crippen LogP contribution in [0, 0.1) is 0 Å². The molecule has 1 amide bonds. The van der Waals surface area contributed by atoms with Gasteiger partial charge in [-0.25, -0.2) is 10.2 Å². The van der Waals surface area contributed by atoms with Crippen LogP contribution >= 0.6 is 0 Å². The molecule has 0 bridgehead atoms. The lowest BCUT2D eigenvalue weighted by Crippen LogP contribution is -2.29. The number of nitrogens with one attached hydrogen (secondary N) is 1. The number of nitrogens with zero attached hydrogens (tertiary/aromatic N) is 1. The number of rotatable bonds is 2. The summed E-state index contributed by atoms with van der Waals surface area (Å²) in [6.45, 7) is 5.21. The standard InChI is InChI=1S/C12H16N2O4/c1-12(2,3)18-11(17)14-13-7-8-4-5-9(15)6-10(8)16/h4-7,15-16H,1-3H3,(H,14,17). The maximum absolute atomic E-state index is 11.2. The van der Waals surface area contributed by atoms with E-state index in [0.717, 1.165) is 0 Å². The first-order valence-corrected chi connectivity index (χ1v) is 5.32. The molecule has 3 N–H and O–H groups in total. The number of phenols is 2. The van der Waals surface area contributed by atoms with Gasteiger partial charge in [-0.1, -0.05) is 0 Å². The molecule has 0 fully saturated rings. The van der Waals surface area contributed by atoms with Crippen molar-refractivity contribution in [1.82, 2.24) is 5.43 Å². The third-order valence-corrected chi connectivity index (χ3v) is 1.77. The van der Waals surface area contributed by atoms with Crippen LogP contribution in [-0.4, -0.2) is 28.1 Å². The van der Waals surface area contributed by atoms with Crippen molar-refractivity contribution in [2.24, 2.45) is 5.10 Å². The second-order valence-electron chi connectivity index (χ2n) is 4.62. The van der Waals surface area contributed by atoms with Crippen LogP contribution in [0.15, 0.2) is 23.3 Å². The number of carbonyl (C=O) groups excluding carboxylic acids is 1. The predicted octanol–water partition coefficient (Wildman–Crippen LogP) is 1.96. The van der Waals surface area contributed by atoms with E-state index in [2.05, 4.69) is 10.5 Å². The van der Waals surface area contributed by atoms with Crippen molar-refractivity contribution in [1.29, 1.82) is 0 Å². The summed E-state index contributed by atoms with van der Waals surface area (Å²) >= 11 is 0. The van der Waals surface area contributed by atoms with E-state index in [4.69, 9.17) is 9.84 Å². The maximum atomic E-state index is 11.2. The molecule has 1 aromatic carbocycles. The molecule has 18 heavy (non-hydrogen) atoms. The molecule has 0 spiro atoms. The van der Waals surface area contributed by atoms with E-state index < -0.39 is 11.7 Å². The largest absolute Gasteiger partial charge is 0.508 e. The van der Waals surface area contributed by atoms with Crippen molar-refractivity contribution in [3.8, 4) is 11.5 Å². The molecular formula is C12H16N2O4. The predicted molar refractivity (Wildman–Crippen MR) is 66.7 cm³/mol. The Kier molecular flexibility index (Phi) is 4.14. The minimum absolute atomic E-state index is 0.0512. The normalized spacial score (nSPS) is 11.5.